The van der Waals surface area contributed by atoms with Crippen LogP contribution in [-0.2, 0) is 0 Å². The summed E-state index contributed by atoms with van der Waals surface area (Å²) in [6.45, 7) is 0. The summed E-state index contributed by atoms with van der Waals surface area (Å²) in [5.41, 5.74) is 13.3. The minimum Gasteiger partial charge on any atom is -0.456 e. The first-order valence-corrected chi connectivity index (χ1v) is 20.5. The highest BCUT2D eigenvalue weighted by Gasteiger charge is 2.21. The standard InChI is InChI=1S/C55H33N5O2/c1-5-14-34(15-6-1)35-24-26-36(27-25-35)49-51-50(57-52(56-49)37-16-7-2-8-17-37)44-33-41(29-31-46(44)62-51)40-28-30-45-43(32-40)48-42(22-13-23-47(48)61-45)55-59-53(38-18-9-3-10-19-38)58-54(60-55)39-20-11-4-12-21-39/h1-33H. The average molecular weight is 796 g/mol. The van der Waals surface area contributed by atoms with Crippen LogP contribution in [0.3, 0.4) is 0 Å². The molecule has 4 aromatic heterocycles. The molecule has 0 aliphatic carbocycles. The number of hydrogen-bond acceptors (Lipinski definition) is 7. The average Bonchev–Trinajstić information content (AvgIpc) is 3.92. The molecular weight excluding hydrogens is 763 g/mol. The van der Waals surface area contributed by atoms with E-state index in [4.69, 9.17) is 33.8 Å². The van der Waals surface area contributed by atoms with E-state index < -0.39 is 0 Å². The molecule has 0 fully saturated rings. The van der Waals surface area contributed by atoms with Crippen LogP contribution in [0.1, 0.15) is 0 Å². The molecule has 8 aromatic carbocycles. The Morgan fingerprint density at radius 2 is 0.758 bits per heavy atom. The van der Waals surface area contributed by atoms with Crippen molar-refractivity contribution in [3.05, 3.63) is 200 Å². The summed E-state index contributed by atoms with van der Waals surface area (Å²) in [4.78, 5) is 25.3. The first-order chi connectivity index (χ1) is 30.7. The van der Waals surface area contributed by atoms with Crippen molar-refractivity contribution >= 4 is 44.0 Å². The molecular formula is C55H33N5O2. The van der Waals surface area contributed by atoms with E-state index in [-0.39, 0.29) is 0 Å². The second-order valence-electron chi connectivity index (χ2n) is 15.2. The zero-order chi connectivity index (χ0) is 41.0. The quantitative estimate of drug-likeness (QED) is 0.159. The lowest BCUT2D eigenvalue weighted by atomic mass is 9.99. The molecule has 0 bridgehead atoms. The summed E-state index contributed by atoms with van der Waals surface area (Å²) < 4.78 is 13.1. The van der Waals surface area contributed by atoms with Crippen LogP contribution in [0.25, 0.3) is 123 Å². The topological polar surface area (TPSA) is 90.7 Å². The van der Waals surface area contributed by atoms with Crippen molar-refractivity contribution in [1.29, 1.82) is 0 Å². The maximum absolute atomic E-state index is 6.64. The van der Waals surface area contributed by atoms with Gasteiger partial charge in [-0.3, -0.25) is 0 Å². The third kappa shape index (κ3) is 6.19. The molecule has 0 saturated carbocycles. The number of nitrogens with zero attached hydrogens (tertiary/aromatic N) is 5. The lowest BCUT2D eigenvalue weighted by molar-refractivity contribution is 0.667. The molecule has 0 atom stereocenters. The van der Waals surface area contributed by atoms with Gasteiger partial charge >= 0.3 is 0 Å². The van der Waals surface area contributed by atoms with Gasteiger partial charge in [0, 0.05) is 44.0 Å². The first kappa shape index (κ1) is 35.4. The van der Waals surface area contributed by atoms with E-state index in [1.165, 1.54) is 0 Å². The van der Waals surface area contributed by atoms with Crippen LogP contribution < -0.4 is 0 Å². The van der Waals surface area contributed by atoms with Crippen LogP contribution in [0.5, 0.6) is 0 Å². The first-order valence-electron chi connectivity index (χ1n) is 20.5. The summed E-state index contributed by atoms with van der Waals surface area (Å²) >= 11 is 0. The Balaban J connectivity index is 1.01. The van der Waals surface area contributed by atoms with Gasteiger partial charge in [-0.25, -0.2) is 24.9 Å². The van der Waals surface area contributed by atoms with Gasteiger partial charge in [0.25, 0.3) is 0 Å². The highest BCUT2D eigenvalue weighted by molar-refractivity contribution is 6.13. The maximum atomic E-state index is 6.64. The summed E-state index contributed by atoms with van der Waals surface area (Å²) in [5.74, 6) is 2.41. The number of rotatable bonds is 7. The molecule has 0 spiro atoms. The van der Waals surface area contributed by atoms with Crippen molar-refractivity contribution in [3.63, 3.8) is 0 Å². The summed E-state index contributed by atoms with van der Waals surface area (Å²) in [6.07, 6.45) is 0. The van der Waals surface area contributed by atoms with E-state index in [1.54, 1.807) is 0 Å². The summed E-state index contributed by atoms with van der Waals surface area (Å²) in [6, 6.07) is 67.7. The van der Waals surface area contributed by atoms with Gasteiger partial charge in [-0.1, -0.05) is 170 Å². The number of benzene rings is 8. The van der Waals surface area contributed by atoms with Crippen molar-refractivity contribution < 1.29 is 8.83 Å². The summed E-state index contributed by atoms with van der Waals surface area (Å²) in [7, 11) is 0. The fourth-order valence-electron chi connectivity index (χ4n) is 8.31. The third-order valence-corrected chi connectivity index (χ3v) is 11.4. The van der Waals surface area contributed by atoms with E-state index in [1.807, 2.05) is 121 Å². The lowest BCUT2D eigenvalue weighted by Crippen LogP contribution is -2.00. The Labute approximate surface area is 355 Å². The lowest BCUT2D eigenvalue weighted by Gasteiger charge is -2.09. The normalized spacial score (nSPS) is 11.5. The molecule has 0 amide bonds. The number of hydrogen-bond donors (Lipinski definition) is 0. The zero-order valence-electron chi connectivity index (χ0n) is 33.1. The Bertz CT molecular complexity index is 3550. The second kappa shape index (κ2) is 14.6. The monoisotopic (exact) mass is 795 g/mol. The SMILES string of the molecule is c1ccc(-c2ccc(-c3nc(-c4ccccc4)nc4c3oc3ccc(-c5ccc6oc7cccc(-c8nc(-c9ccccc9)nc(-c9ccccc9)n8)c7c6c5)cc34)cc2)cc1. The molecule has 0 aliphatic heterocycles. The minimum absolute atomic E-state index is 0.571. The second-order valence-corrected chi connectivity index (χ2v) is 15.2. The van der Waals surface area contributed by atoms with Crippen LogP contribution in [0, 0.1) is 0 Å². The van der Waals surface area contributed by atoms with Crippen molar-refractivity contribution in [3.8, 4) is 79.1 Å². The van der Waals surface area contributed by atoms with Gasteiger partial charge in [0.05, 0.1) is 0 Å². The predicted octanol–water partition coefficient (Wildman–Crippen LogP) is 14.1. The van der Waals surface area contributed by atoms with Crippen molar-refractivity contribution in [1.82, 2.24) is 24.9 Å². The largest absolute Gasteiger partial charge is 0.456 e. The fourth-order valence-corrected chi connectivity index (χ4v) is 8.31. The molecule has 290 valence electrons. The van der Waals surface area contributed by atoms with Crippen molar-refractivity contribution in [2.75, 3.05) is 0 Å². The smallest absolute Gasteiger partial charge is 0.180 e. The van der Waals surface area contributed by atoms with Crippen molar-refractivity contribution in [2.24, 2.45) is 0 Å². The van der Waals surface area contributed by atoms with Crippen LogP contribution in [-0.4, -0.2) is 24.9 Å². The molecule has 62 heavy (non-hydrogen) atoms. The highest BCUT2D eigenvalue weighted by Crippen LogP contribution is 2.41. The summed E-state index contributed by atoms with van der Waals surface area (Å²) in [5, 5.41) is 2.80. The van der Waals surface area contributed by atoms with E-state index >= 15 is 0 Å². The number of furan rings is 2. The predicted molar refractivity (Wildman–Crippen MR) is 248 cm³/mol. The molecule has 4 heterocycles. The molecule has 7 heteroatoms. The fraction of sp³-hybridized carbons (Fsp3) is 0. The van der Waals surface area contributed by atoms with Gasteiger partial charge in [-0.15, -0.1) is 0 Å². The zero-order valence-corrected chi connectivity index (χ0v) is 33.1. The number of fused-ring (bicyclic) bond motifs is 6. The van der Waals surface area contributed by atoms with Gasteiger partial charge in [0.1, 0.15) is 28.0 Å². The van der Waals surface area contributed by atoms with E-state index in [9.17, 15) is 0 Å². The maximum Gasteiger partial charge on any atom is 0.180 e. The van der Waals surface area contributed by atoms with E-state index in [0.717, 1.165) is 94.2 Å². The Morgan fingerprint density at radius 3 is 1.35 bits per heavy atom. The minimum atomic E-state index is 0.571. The molecule has 0 saturated heterocycles. The Morgan fingerprint density at radius 1 is 0.290 bits per heavy atom. The molecule has 12 aromatic rings. The van der Waals surface area contributed by atoms with Gasteiger partial charge in [0.15, 0.2) is 28.9 Å². The van der Waals surface area contributed by atoms with Crippen LogP contribution >= 0.6 is 0 Å². The molecule has 0 radical (unpaired) electrons. The van der Waals surface area contributed by atoms with Crippen LogP contribution in [0.4, 0.5) is 0 Å². The van der Waals surface area contributed by atoms with Crippen LogP contribution in [0.15, 0.2) is 209 Å². The van der Waals surface area contributed by atoms with Crippen LogP contribution in [0.2, 0.25) is 0 Å². The molecule has 7 nitrogen and oxygen atoms in total. The Kier molecular flexibility index (Phi) is 8.35. The molecule has 0 aliphatic rings. The van der Waals surface area contributed by atoms with Gasteiger partial charge in [0.2, 0.25) is 0 Å². The van der Waals surface area contributed by atoms with Crippen molar-refractivity contribution in [2.45, 2.75) is 0 Å². The molecule has 0 N–H and O–H groups in total. The third-order valence-electron chi connectivity index (χ3n) is 11.4. The van der Waals surface area contributed by atoms with E-state index in [2.05, 4.69) is 78.9 Å². The van der Waals surface area contributed by atoms with Gasteiger partial charge in [-0.05, 0) is 52.6 Å². The van der Waals surface area contributed by atoms with Gasteiger partial charge in [-0.2, -0.15) is 0 Å². The Hall–Kier alpha value is -8.55. The van der Waals surface area contributed by atoms with E-state index in [0.29, 0.717) is 28.9 Å². The van der Waals surface area contributed by atoms with Gasteiger partial charge < -0.3 is 8.83 Å². The highest BCUT2D eigenvalue weighted by atomic mass is 16.3. The number of aromatic nitrogens is 5. The molecule has 12 rings (SSSR count). The molecule has 0 unspecified atom stereocenters.